The van der Waals surface area contributed by atoms with Crippen molar-refractivity contribution in [3.05, 3.63) is 29.3 Å². The maximum atomic E-state index is 5.95. The molecule has 0 radical (unpaired) electrons. The Hall–Kier alpha value is -1.06. The standard InChI is InChI=1S/C16H27N3/c1-12-5-6-14(3)16(7-12)19-10-13(2)9-18(4)15(8-17)11-19/h5-7,13,15H,8-11,17H2,1-4H3. The molecular formula is C16H27N3. The smallest absolute Gasteiger partial charge is 0.0399 e. The summed E-state index contributed by atoms with van der Waals surface area (Å²) in [6.07, 6.45) is 0. The minimum atomic E-state index is 0.449. The molecule has 0 saturated carbocycles. The van der Waals surface area contributed by atoms with Crippen LogP contribution in [0.4, 0.5) is 5.69 Å². The van der Waals surface area contributed by atoms with Gasteiger partial charge < -0.3 is 15.5 Å². The molecule has 2 unspecified atom stereocenters. The van der Waals surface area contributed by atoms with Crippen LogP contribution in [-0.4, -0.2) is 44.2 Å². The summed E-state index contributed by atoms with van der Waals surface area (Å²) in [6.45, 7) is 10.7. The molecule has 2 N–H and O–H groups in total. The largest absolute Gasteiger partial charge is 0.369 e. The Labute approximate surface area is 117 Å². The third kappa shape index (κ3) is 3.28. The second-order valence-electron chi connectivity index (χ2n) is 6.13. The Morgan fingerprint density at radius 3 is 2.63 bits per heavy atom. The molecular weight excluding hydrogens is 234 g/mol. The van der Waals surface area contributed by atoms with Crippen LogP contribution in [-0.2, 0) is 0 Å². The van der Waals surface area contributed by atoms with Gasteiger partial charge in [0.25, 0.3) is 0 Å². The number of hydrogen-bond donors (Lipinski definition) is 1. The summed E-state index contributed by atoms with van der Waals surface area (Å²) in [6, 6.07) is 7.17. The topological polar surface area (TPSA) is 32.5 Å². The van der Waals surface area contributed by atoms with Gasteiger partial charge in [-0.05, 0) is 44.0 Å². The van der Waals surface area contributed by atoms with E-state index in [1.54, 1.807) is 0 Å². The van der Waals surface area contributed by atoms with Gasteiger partial charge in [0.15, 0.2) is 0 Å². The highest BCUT2D eigenvalue weighted by Gasteiger charge is 2.25. The maximum Gasteiger partial charge on any atom is 0.0399 e. The number of benzene rings is 1. The van der Waals surface area contributed by atoms with Gasteiger partial charge in [0, 0.05) is 37.9 Å². The van der Waals surface area contributed by atoms with Gasteiger partial charge in [-0.1, -0.05) is 19.1 Å². The first kappa shape index (κ1) is 14.4. The second kappa shape index (κ2) is 5.93. The molecule has 0 spiro atoms. The normalized spacial score (nSPS) is 25.4. The molecule has 1 aromatic carbocycles. The molecule has 3 heteroatoms. The van der Waals surface area contributed by atoms with Crippen molar-refractivity contribution in [2.45, 2.75) is 26.8 Å². The van der Waals surface area contributed by atoms with Gasteiger partial charge in [0.05, 0.1) is 0 Å². The molecule has 2 rings (SSSR count). The van der Waals surface area contributed by atoms with Crippen molar-refractivity contribution in [3.63, 3.8) is 0 Å². The van der Waals surface area contributed by atoms with Crippen LogP contribution in [0, 0.1) is 19.8 Å². The van der Waals surface area contributed by atoms with Crippen LogP contribution < -0.4 is 10.6 Å². The number of likely N-dealkylation sites (N-methyl/N-ethyl adjacent to an activating group) is 1. The Bertz CT molecular complexity index is 430. The molecule has 2 atom stereocenters. The number of nitrogens with zero attached hydrogens (tertiary/aromatic N) is 2. The number of hydrogen-bond acceptors (Lipinski definition) is 3. The molecule has 1 heterocycles. The zero-order valence-electron chi connectivity index (χ0n) is 12.7. The zero-order valence-corrected chi connectivity index (χ0v) is 12.7. The number of anilines is 1. The van der Waals surface area contributed by atoms with Crippen molar-refractivity contribution >= 4 is 5.69 Å². The first-order valence-corrected chi connectivity index (χ1v) is 7.23. The van der Waals surface area contributed by atoms with E-state index in [2.05, 4.69) is 55.8 Å². The molecule has 1 aliphatic heterocycles. The average Bonchev–Trinajstić information content (AvgIpc) is 2.50. The minimum Gasteiger partial charge on any atom is -0.369 e. The molecule has 0 aromatic heterocycles. The van der Waals surface area contributed by atoms with Gasteiger partial charge >= 0.3 is 0 Å². The molecule has 0 amide bonds. The molecule has 106 valence electrons. The summed E-state index contributed by atoms with van der Waals surface area (Å²) in [5.41, 5.74) is 10.0. The summed E-state index contributed by atoms with van der Waals surface area (Å²) in [7, 11) is 2.20. The third-order valence-electron chi connectivity index (χ3n) is 4.16. The molecule has 1 aromatic rings. The van der Waals surface area contributed by atoms with Gasteiger partial charge in [-0.25, -0.2) is 0 Å². The van der Waals surface area contributed by atoms with E-state index >= 15 is 0 Å². The number of nitrogens with two attached hydrogens (primary N) is 1. The van der Waals surface area contributed by atoms with E-state index in [0.717, 1.165) is 26.2 Å². The fourth-order valence-corrected chi connectivity index (χ4v) is 3.05. The van der Waals surface area contributed by atoms with Gasteiger partial charge in [-0.2, -0.15) is 0 Å². The first-order valence-electron chi connectivity index (χ1n) is 7.23. The highest BCUT2D eigenvalue weighted by molar-refractivity contribution is 5.55. The van der Waals surface area contributed by atoms with E-state index in [1.807, 2.05) is 0 Å². The van der Waals surface area contributed by atoms with Crippen molar-refractivity contribution in [2.24, 2.45) is 11.7 Å². The summed E-state index contributed by atoms with van der Waals surface area (Å²) >= 11 is 0. The number of rotatable bonds is 2. The summed E-state index contributed by atoms with van der Waals surface area (Å²) < 4.78 is 0. The first-order chi connectivity index (χ1) is 9.01. The SMILES string of the molecule is Cc1ccc(C)c(N2CC(C)CN(C)C(CN)C2)c1. The van der Waals surface area contributed by atoms with Crippen LogP contribution in [0.1, 0.15) is 18.1 Å². The number of aryl methyl sites for hydroxylation is 2. The van der Waals surface area contributed by atoms with Crippen LogP contribution in [0.5, 0.6) is 0 Å². The molecule has 0 aliphatic carbocycles. The maximum absolute atomic E-state index is 5.95. The van der Waals surface area contributed by atoms with Crippen LogP contribution in [0.25, 0.3) is 0 Å². The van der Waals surface area contributed by atoms with Crippen LogP contribution in [0.15, 0.2) is 18.2 Å². The van der Waals surface area contributed by atoms with Crippen molar-refractivity contribution in [3.8, 4) is 0 Å². The van der Waals surface area contributed by atoms with Crippen LogP contribution >= 0.6 is 0 Å². The van der Waals surface area contributed by atoms with Crippen molar-refractivity contribution in [1.29, 1.82) is 0 Å². The molecule has 1 aliphatic rings. The van der Waals surface area contributed by atoms with E-state index in [0.29, 0.717) is 12.0 Å². The van der Waals surface area contributed by atoms with E-state index in [9.17, 15) is 0 Å². The lowest BCUT2D eigenvalue weighted by Gasteiger charge is -2.30. The van der Waals surface area contributed by atoms with Crippen LogP contribution in [0.2, 0.25) is 0 Å². The van der Waals surface area contributed by atoms with E-state index < -0.39 is 0 Å². The molecule has 1 saturated heterocycles. The Kier molecular flexibility index (Phi) is 4.48. The monoisotopic (exact) mass is 261 g/mol. The lowest BCUT2D eigenvalue weighted by Crippen LogP contribution is -2.44. The fourth-order valence-electron chi connectivity index (χ4n) is 3.05. The van der Waals surface area contributed by atoms with Gasteiger partial charge in [-0.15, -0.1) is 0 Å². The second-order valence-corrected chi connectivity index (χ2v) is 6.13. The van der Waals surface area contributed by atoms with Gasteiger partial charge in [0.2, 0.25) is 0 Å². The van der Waals surface area contributed by atoms with Crippen molar-refractivity contribution in [1.82, 2.24) is 4.90 Å². The van der Waals surface area contributed by atoms with Gasteiger partial charge in [0.1, 0.15) is 0 Å². The van der Waals surface area contributed by atoms with E-state index in [4.69, 9.17) is 5.73 Å². The quantitative estimate of drug-likeness (QED) is 0.884. The van der Waals surface area contributed by atoms with Crippen molar-refractivity contribution in [2.75, 3.05) is 38.1 Å². The summed E-state index contributed by atoms with van der Waals surface area (Å²) in [5, 5.41) is 0. The lowest BCUT2D eigenvalue weighted by molar-refractivity contribution is 0.244. The lowest BCUT2D eigenvalue weighted by atomic mass is 10.1. The zero-order chi connectivity index (χ0) is 14.0. The summed E-state index contributed by atoms with van der Waals surface area (Å²) in [4.78, 5) is 4.93. The van der Waals surface area contributed by atoms with E-state index in [-0.39, 0.29) is 0 Å². The average molecular weight is 261 g/mol. The molecule has 19 heavy (non-hydrogen) atoms. The van der Waals surface area contributed by atoms with E-state index in [1.165, 1.54) is 16.8 Å². The van der Waals surface area contributed by atoms with Crippen LogP contribution in [0.3, 0.4) is 0 Å². The summed E-state index contributed by atoms with van der Waals surface area (Å²) in [5.74, 6) is 0.668. The Balaban J connectivity index is 2.29. The molecule has 3 nitrogen and oxygen atoms in total. The molecule has 0 bridgehead atoms. The fraction of sp³-hybridized carbons (Fsp3) is 0.625. The third-order valence-corrected chi connectivity index (χ3v) is 4.16. The van der Waals surface area contributed by atoms with Gasteiger partial charge in [-0.3, -0.25) is 0 Å². The Morgan fingerprint density at radius 2 is 1.95 bits per heavy atom. The highest BCUT2D eigenvalue weighted by Crippen LogP contribution is 2.25. The minimum absolute atomic E-state index is 0.449. The predicted molar refractivity (Wildman–Crippen MR) is 82.8 cm³/mol. The van der Waals surface area contributed by atoms with Crippen molar-refractivity contribution < 1.29 is 0 Å². The predicted octanol–water partition coefficient (Wildman–Crippen LogP) is 2.02. The Morgan fingerprint density at radius 1 is 1.21 bits per heavy atom. The highest BCUT2D eigenvalue weighted by atomic mass is 15.2. The molecule has 1 fully saturated rings.